The maximum Gasteiger partial charge on any atom is 0.253 e. The van der Waals surface area contributed by atoms with E-state index in [4.69, 9.17) is 0 Å². The molecule has 29 heavy (non-hydrogen) atoms. The van der Waals surface area contributed by atoms with Crippen molar-refractivity contribution in [1.82, 2.24) is 15.5 Å². The number of amides is 1. The first-order valence-electron chi connectivity index (χ1n) is 9.17. The van der Waals surface area contributed by atoms with Crippen LogP contribution >= 0.6 is 39.9 Å². The molecule has 0 aliphatic rings. The van der Waals surface area contributed by atoms with Gasteiger partial charge in [-0.2, -0.15) is 0 Å². The Bertz CT molecular complexity index is 845. The molecule has 0 heterocycles. The van der Waals surface area contributed by atoms with Crippen LogP contribution in [0.2, 0.25) is 0 Å². The number of guanidine groups is 1. The number of halogens is 3. The number of hydrogen-bond donors (Lipinski definition) is 2. The van der Waals surface area contributed by atoms with E-state index in [1.165, 1.54) is 12.1 Å². The summed E-state index contributed by atoms with van der Waals surface area (Å²) in [6.07, 6.45) is 0.753. The molecule has 5 nitrogen and oxygen atoms in total. The maximum absolute atomic E-state index is 13.4. The van der Waals surface area contributed by atoms with Crippen LogP contribution in [0.25, 0.3) is 0 Å². The second-order valence-electron chi connectivity index (χ2n) is 6.51. The fourth-order valence-electron chi connectivity index (χ4n) is 2.61. The van der Waals surface area contributed by atoms with Crippen LogP contribution in [0.15, 0.2) is 51.9 Å². The number of nitrogens with one attached hydrogen (secondary N) is 2. The van der Waals surface area contributed by atoms with Gasteiger partial charge >= 0.3 is 0 Å². The third-order valence-electron chi connectivity index (χ3n) is 4.05. The van der Waals surface area contributed by atoms with Crippen molar-refractivity contribution >= 4 is 51.8 Å². The van der Waals surface area contributed by atoms with E-state index in [1.807, 2.05) is 31.2 Å². The molecule has 0 saturated heterocycles. The Morgan fingerprint density at radius 3 is 2.62 bits per heavy atom. The second-order valence-corrected chi connectivity index (χ2v) is 7.36. The number of aliphatic imine (C=N–C) groups is 1. The molecule has 0 unspecified atom stereocenters. The van der Waals surface area contributed by atoms with E-state index in [9.17, 15) is 9.18 Å². The van der Waals surface area contributed by atoms with Crippen LogP contribution < -0.4 is 10.6 Å². The summed E-state index contributed by atoms with van der Waals surface area (Å²) in [5.74, 6) is 0.378. The van der Waals surface area contributed by atoms with Gasteiger partial charge in [-0.05, 0) is 54.8 Å². The van der Waals surface area contributed by atoms with E-state index in [2.05, 4.69) is 31.6 Å². The molecule has 0 aliphatic heterocycles. The van der Waals surface area contributed by atoms with Crippen molar-refractivity contribution < 1.29 is 9.18 Å². The van der Waals surface area contributed by atoms with Gasteiger partial charge < -0.3 is 15.5 Å². The van der Waals surface area contributed by atoms with Gasteiger partial charge in [0, 0.05) is 37.2 Å². The second kappa shape index (κ2) is 12.8. The number of nitrogens with zero attached hydrogens (tertiary/aromatic N) is 2. The molecule has 0 radical (unpaired) electrons. The lowest BCUT2D eigenvalue weighted by molar-refractivity contribution is 0.0827. The summed E-state index contributed by atoms with van der Waals surface area (Å²) >= 11 is 3.42. The van der Waals surface area contributed by atoms with Crippen LogP contribution in [0.5, 0.6) is 0 Å². The predicted molar refractivity (Wildman–Crippen MR) is 130 cm³/mol. The monoisotopic (exact) mass is 576 g/mol. The molecule has 2 aromatic carbocycles. The van der Waals surface area contributed by atoms with Gasteiger partial charge in [-0.1, -0.05) is 28.1 Å². The predicted octanol–water partition coefficient (Wildman–Crippen LogP) is 4.21. The Morgan fingerprint density at radius 2 is 1.93 bits per heavy atom. The molecule has 0 bridgehead atoms. The first kappa shape index (κ1) is 25.4. The van der Waals surface area contributed by atoms with Crippen LogP contribution in [0.1, 0.15) is 28.4 Å². The SMILES string of the molecule is CCNC(=NCc1cc(F)ccc1Br)NCCc1cccc(C(=O)N(C)C)c1.I. The third kappa shape index (κ3) is 8.30. The number of carbonyl (C=O) groups is 1. The lowest BCUT2D eigenvalue weighted by atomic mass is 10.1. The minimum Gasteiger partial charge on any atom is -0.357 e. The molecule has 0 atom stereocenters. The maximum atomic E-state index is 13.4. The van der Waals surface area contributed by atoms with Gasteiger partial charge in [0.25, 0.3) is 5.91 Å². The average Bonchev–Trinajstić information content (AvgIpc) is 2.68. The van der Waals surface area contributed by atoms with Crippen molar-refractivity contribution in [1.29, 1.82) is 0 Å². The van der Waals surface area contributed by atoms with Crippen LogP contribution in [0.3, 0.4) is 0 Å². The molecule has 2 rings (SSSR count). The van der Waals surface area contributed by atoms with Crippen molar-refractivity contribution in [2.24, 2.45) is 4.99 Å². The van der Waals surface area contributed by atoms with Gasteiger partial charge in [0.2, 0.25) is 0 Å². The van der Waals surface area contributed by atoms with Crippen LogP contribution in [0.4, 0.5) is 4.39 Å². The van der Waals surface area contributed by atoms with Gasteiger partial charge in [0.1, 0.15) is 5.82 Å². The van der Waals surface area contributed by atoms with E-state index >= 15 is 0 Å². The Kier molecular flexibility index (Phi) is 11.2. The minimum absolute atomic E-state index is 0. The summed E-state index contributed by atoms with van der Waals surface area (Å²) in [5, 5.41) is 6.47. The van der Waals surface area contributed by atoms with Gasteiger partial charge in [-0.15, -0.1) is 24.0 Å². The van der Waals surface area contributed by atoms with Gasteiger partial charge in [-0.25, -0.2) is 9.38 Å². The van der Waals surface area contributed by atoms with Gasteiger partial charge in [0.15, 0.2) is 5.96 Å². The highest BCUT2D eigenvalue weighted by Gasteiger charge is 2.08. The van der Waals surface area contributed by atoms with E-state index in [1.54, 1.807) is 25.1 Å². The number of hydrogen-bond acceptors (Lipinski definition) is 2. The Morgan fingerprint density at radius 1 is 1.17 bits per heavy atom. The fraction of sp³-hybridized carbons (Fsp3) is 0.333. The number of carbonyl (C=O) groups excluding carboxylic acids is 1. The molecule has 0 fully saturated rings. The molecule has 1 amide bonds. The van der Waals surface area contributed by atoms with Crippen molar-refractivity contribution in [2.45, 2.75) is 19.9 Å². The van der Waals surface area contributed by atoms with Crippen molar-refractivity contribution in [2.75, 3.05) is 27.2 Å². The number of benzene rings is 2. The summed E-state index contributed by atoms with van der Waals surface area (Å²) in [4.78, 5) is 18.2. The molecule has 0 spiro atoms. The summed E-state index contributed by atoms with van der Waals surface area (Å²) in [6, 6.07) is 12.2. The van der Waals surface area contributed by atoms with E-state index < -0.39 is 0 Å². The fourth-order valence-corrected chi connectivity index (χ4v) is 2.99. The minimum atomic E-state index is -0.279. The first-order chi connectivity index (χ1) is 13.4. The largest absolute Gasteiger partial charge is 0.357 e. The summed E-state index contributed by atoms with van der Waals surface area (Å²) in [6.45, 7) is 3.74. The zero-order chi connectivity index (χ0) is 20.5. The van der Waals surface area contributed by atoms with Crippen molar-refractivity contribution in [3.8, 4) is 0 Å². The molecule has 0 aliphatic carbocycles. The number of rotatable bonds is 7. The molecule has 2 N–H and O–H groups in total. The highest BCUT2D eigenvalue weighted by molar-refractivity contribution is 14.0. The zero-order valence-corrected chi connectivity index (χ0v) is 20.8. The standard InChI is InChI=1S/C21H26BrFN4O.HI/c1-4-24-21(26-14-17-13-18(23)8-9-19(17)22)25-11-10-15-6-5-7-16(12-15)20(28)27(2)3;/h5-9,12-13H,4,10-11,14H2,1-3H3,(H2,24,25,26);1H. The molecule has 0 aromatic heterocycles. The lowest BCUT2D eigenvalue weighted by Crippen LogP contribution is -2.38. The van der Waals surface area contributed by atoms with E-state index in [0.29, 0.717) is 24.6 Å². The average molecular weight is 577 g/mol. The molecular weight excluding hydrogens is 550 g/mol. The summed E-state index contributed by atoms with van der Waals surface area (Å²) in [7, 11) is 3.49. The molecule has 8 heteroatoms. The Hall–Kier alpha value is -1.68. The molecule has 158 valence electrons. The molecular formula is C21H27BrFIN4O. The van der Waals surface area contributed by atoms with Crippen molar-refractivity contribution in [3.63, 3.8) is 0 Å². The Balaban J connectivity index is 0.00000420. The molecule has 2 aromatic rings. The molecule has 0 saturated carbocycles. The summed E-state index contributed by atoms with van der Waals surface area (Å²) in [5.41, 5.74) is 2.54. The topological polar surface area (TPSA) is 56.7 Å². The van der Waals surface area contributed by atoms with E-state index in [-0.39, 0.29) is 35.7 Å². The van der Waals surface area contributed by atoms with Gasteiger partial charge in [-0.3, -0.25) is 4.79 Å². The quantitative estimate of drug-likeness (QED) is 0.295. The Labute approximate surface area is 197 Å². The van der Waals surface area contributed by atoms with Crippen LogP contribution in [-0.2, 0) is 13.0 Å². The highest BCUT2D eigenvalue weighted by Crippen LogP contribution is 2.18. The zero-order valence-electron chi connectivity index (χ0n) is 16.8. The summed E-state index contributed by atoms with van der Waals surface area (Å²) < 4.78 is 14.3. The third-order valence-corrected chi connectivity index (χ3v) is 4.82. The highest BCUT2D eigenvalue weighted by atomic mass is 127. The first-order valence-corrected chi connectivity index (χ1v) is 9.96. The van der Waals surface area contributed by atoms with E-state index in [0.717, 1.165) is 28.6 Å². The smallest absolute Gasteiger partial charge is 0.253 e. The lowest BCUT2D eigenvalue weighted by Gasteiger charge is -2.13. The van der Waals surface area contributed by atoms with Crippen LogP contribution in [-0.4, -0.2) is 44.0 Å². The normalized spacial score (nSPS) is 10.9. The van der Waals surface area contributed by atoms with Gasteiger partial charge in [0.05, 0.1) is 6.54 Å². The van der Waals surface area contributed by atoms with Crippen molar-refractivity contribution in [3.05, 3.63) is 69.4 Å². The van der Waals surface area contributed by atoms with Crippen LogP contribution in [0, 0.1) is 5.82 Å².